The summed E-state index contributed by atoms with van der Waals surface area (Å²) < 4.78 is 10.4. The van der Waals surface area contributed by atoms with E-state index < -0.39 is 153 Å². The molecular formula is C51H86N10O22. The fraction of sp³-hybridized carbons (Fsp3) is 0.608. The van der Waals surface area contributed by atoms with Gasteiger partial charge in [-0.2, -0.15) is 0 Å². The Bertz CT molecular complexity index is 2140. The molecule has 0 aliphatic carbocycles. The number of carboxylic acid groups (broad SMARTS) is 5. The van der Waals surface area contributed by atoms with Crippen LogP contribution in [0.4, 0.5) is 0 Å². The number of Topliss-reactive ketones (excluding diaryl/α,β-unsaturated/α-hetero) is 1. The summed E-state index contributed by atoms with van der Waals surface area (Å²) in [7, 11) is 0. The van der Waals surface area contributed by atoms with E-state index in [2.05, 4.69) is 33.5 Å². The number of nitrogens with two attached hydrogens (primary N) is 2. The van der Waals surface area contributed by atoms with Gasteiger partial charge >= 0.3 is 23.9 Å². The number of hydrogen-bond donors (Lipinski definition) is 16. The lowest BCUT2D eigenvalue weighted by molar-refractivity contribution is -0.143. The number of carbonyl (C=O) groups excluding carboxylic acids is 9. The summed E-state index contributed by atoms with van der Waals surface area (Å²) in [4.78, 5) is 166. The number of carbonyl (C=O) groups is 14. The van der Waals surface area contributed by atoms with Gasteiger partial charge in [-0.3, -0.25) is 67.1 Å². The van der Waals surface area contributed by atoms with E-state index in [4.69, 9.17) is 41.1 Å². The molecule has 0 spiro atoms. The standard InChI is InChI=1S/C36H57N9O19.C7H8O.C4H11N.C2H4O2.C2H6/c1-20(46)7-10-63-12-13-64-11-9-38-26(48)17-40-33(59)22(14-30(53)54)43-28(50)19-41-34(60)23(15-31(55)56)44-36(62)24(16-32(57)58)45-35(61)21(4-2-3-8-37)42-27(49)18-39-25(47)5-6-29(51)52;1-6-2-4-7(8)5-3-6;1-2-3-4-5;1-2(3)4;1-2/h21-24H,2-19,37H2,1H3,(H,38,48)(H,39,47)(H,40,59)(H,41,60)(H,42,49)(H,43,50)(H,44,62)(H,45,61)(H,51,52)(H,53,54)(H,55,56)(H,57,58);2-5,8H,1H3;2-5H2,1H3;1H3,(H,3,4);1-2H3. The molecule has 32 heteroatoms. The highest BCUT2D eigenvalue weighted by Crippen LogP contribution is 2.08. The first-order valence-electron chi connectivity index (χ1n) is 26.2. The van der Waals surface area contributed by atoms with Gasteiger partial charge in [-0.25, -0.2) is 0 Å². The molecule has 0 aliphatic heterocycles. The Morgan fingerprint density at radius 3 is 1.33 bits per heavy atom. The maximum atomic E-state index is 13.2. The molecule has 1 aromatic rings. The highest BCUT2D eigenvalue weighted by molar-refractivity contribution is 5.98. The van der Waals surface area contributed by atoms with E-state index in [1.807, 2.05) is 48.9 Å². The molecule has 18 N–H and O–H groups in total. The number of nitrogens with one attached hydrogen (secondary N) is 8. The molecule has 0 saturated carbocycles. The van der Waals surface area contributed by atoms with Crippen molar-refractivity contribution in [2.24, 2.45) is 11.5 Å². The number of aryl methyl sites for hydroxylation is 1. The Morgan fingerprint density at radius 1 is 0.482 bits per heavy atom. The molecule has 0 aliphatic rings. The number of phenols is 1. The Morgan fingerprint density at radius 2 is 0.904 bits per heavy atom. The molecular weight excluding hydrogens is 1100 g/mol. The summed E-state index contributed by atoms with van der Waals surface area (Å²) in [5.41, 5.74) is 11.8. The molecule has 4 atom stereocenters. The van der Waals surface area contributed by atoms with Gasteiger partial charge < -0.3 is 94.1 Å². The molecule has 83 heavy (non-hydrogen) atoms. The van der Waals surface area contributed by atoms with Crippen molar-refractivity contribution in [3.8, 4) is 5.75 Å². The first kappa shape index (κ1) is 81.1. The predicted molar refractivity (Wildman–Crippen MR) is 295 cm³/mol. The highest BCUT2D eigenvalue weighted by Gasteiger charge is 2.33. The second-order valence-corrected chi connectivity index (χ2v) is 17.1. The van der Waals surface area contributed by atoms with Crippen molar-refractivity contribution >= 4 is 82.9 Å². The third kappa shape index (κ3) is 52.8. The van der Waals surface area contributed by atoms with Crippen LogP contribution in [-0.2, 0) is 76.6 Å². The maximum Gasteiger partial charge on any atom is 0.305 e. The van der Waals surface area contributed by atoms with E-state index in [9.17, 15) is 77.6 Å². The van der Waals surface area contributed by atoms with Gasteiger partial charge in [-0.1, -0.05) is 44.9 Å². The molecule has 0 bridgehead atoms. The molecule has 8 amide bonds. The predicted octanol–water partition coefficient (Wildman–Crippen LogP) is -2.62. The van der Waals surface area contributed by atoms with E-state index in [1.165, 1.54) is 25.3 Å². The molecule has 4 unspecified atom stereocenters. The van der Waals surface area contributed by atoms with E-state index in [-0.39, 0.29) is 64.6 Å². The van der Waals surface area contributed by atoms with Gasteiger partial charge in [0.1, 0.15) is 35.7 Å². The third-order valence-corrected chi connectivity index (χ3v) is 9.64. The molecule has 1 aromatic carbocycles. The number of phenolic OH excluding ortho intramolecular Hbond substituents is 1. The van der Waals surface area contributed by atoms with Crippen LogP contribution in [0.5, 0.6) is 5.75 Å². The average Bonchev–Trinajstić information content (AvgIpc) is 3.45. The van der Waals surface area contributed by atoms with Crippen LogP contribution >= 0.6 is 0 Å². The van der Waals surface area contributed by atoms with E-state index in [0.717, 1.165) is 13.5 Å². The van der Waals surface area contributed by atoms with Gasteiger partial charge in [0.05, 0.1) is 71.7 Å². The summed E-state index contributed by atoms with van der Waals surface area (Å²) in [6.07, 6.45) is -1.05. The second-order valence-electron chi connectivity index (χ2n) is 17.1. The van der Waals surface area contributed by atoms with Crippen molar-refractivity contribution in [3.05, 3.63) is 29.8 Å². The minimum atomic E-state index is -2.01. The zero-order valence-electron chi connectivity index (χ0n) is 47.8. The maximum absolute atomic E-state index is 13.2. The Labute approximate surface area is 480 Å². The zero-order chi connectivity index (χ0) is 64.3. The number of unbranched alkanes of at least 4 members (excludes halogenated alkanes) is 2. The lowest BCUT2D eigenvalue weighted by Crippen LogP contribution is -2.58. The molecule has 472 valence electrons. The van der Waals surface area contributed by atoms with Crippen molar-refractivity contribution in [1.82, 2.24) is 42.5 Å². The Balaban J connectivity index is -0.00000139. The van der Waals surface area contributed by atoms with Crippen LogP contribution in [0.25, 0.3) is 0 Å². The molecule has 0 saturated heterocycles. The van der Waals surface area contributed by atoms with Crippen LogP contribution in [0.3, 0.4) is 0 Å². The van der Waals surface area contributed by atoms with Crippen LogP contribution in [0.15, 0.2) is 24.3 Å². The minimum Gasteiger partial charge on any atom is -0.508 e. The van der Waals surface area contributed by atoms with Crippen LogP contribution in [0.1, 0.15) is 111 Å². The van der Waals surface area contributed by atoms with Gasteiger partial charge in [0.2, 0.25) is 47.3 Å². The summed E-state index contributed by atoms with van der Waals surface area (Å²) in [6, 6.07) is -0.114. The number of ketones is 1. The van der Waals surface area contributed by atoms with Gasteiger partial charge in [0.15, 0.2) is 0 Å². The van der Waals surface area contributed by atoms with Crippen LogP contribution < -0.4 is 54.0 Å². The number of carboxylic acids is 5. The van der Waals surface area contributed by atoms with Gasteiger partial charge in [-0.15, -0.1) is 0 Å². The summed E-state index contributed by atoms with van der Waals surface area (Å²) in [5.74, 6) is -15.2. The van der Waals surface area contributed by atoms with Gasteiger partial charge in [-0.05, 0) is 64.8 Å². The number of aromatic hydroxyl groups is 1. The quantitative estimate of drug-likeness (QED) is 0.0302. The van der Waals surface area contributed by atoms with Crippen molar-refractivity contribution in [2.45, 2.75) is 136 Å². The average molecular weight is 1190 g/mol. The van der Waals surface area contributed by atoms with Crippen LogP contribution in [0.2, 0.25) is 0 Å². The van der Waals surface area contributed by atoms with Gasteiger partial charge in [0.25, 0.3) is 5.97 Å². The van der Waals surface area contributed by atoms with Crippen molar-refractivity contribution in [2.75, 3.05) is 65.7 Å². The van der Waals surface area contributed by atoms with Crippen molar-refractivity contribution in [3.63, 3.8) is 0 Å². The molecule has 32 nitrogen and oxygen atoms in total. The normalized spacial score (nSPS) is 11.3. The van der Waals surface area contributed by atoms with Crippen LogP contribution in [0, 0.1) is 6.92 Å². The Hall–Kier alpha value is -8.36. The van der Waals surface area contributed by atoms with Gasteiger partial charge in [0, 0.05) is 26.3 Å². The first-order chi connectivity index (χ1) is 39.1. The lowest BCUT2D eigenvalue weighted by atomic mass is 10.1. The molecule has 1 rings (SSSR count). The number of benzene rings is 1. The fourth-order valence-electron chi connectivity index (χ4n) is 5.63. The largest absolute Gasteiger partial charge is 0.508 e. The van der Waals surface area contributed by atoms with Crippen molar-refractivity contribution < 1.29 is 107 Å². The number of hydrogen-bond acceptors (Lipinski definition) is 19. The fourth-order valence-corrected chi connectivity index (χ4v) is 5.63. The molecule has 0 aromatic heterocycles. The van der Waals surface area contributed by atoms with E-state index >= 15 is 0 Å². The molecule has 0 heterocycles. The number of aliphatic carboxylic acids is 5. The summed E-state index contributed by atoms with van der Waals surface area (Å²) in [6.45, 7) is 10.0. The minimum absolute atomic E-state index is 0.0227. The van der Waals surface area contributed by atoms with Crippen molar-refractivity contribution in [1.29, 1.82) is 0 Å². The van der Waals surface area contributed by atoms with E-state index in [1.54, 1.807) is 12.1 Å². The first-order valence-corrected chi connectivity index (χ1v) is 26.2. The monoisotopic (exact) mass is 1190 g/mol. The highest BCUT2D eigenvalue weighted by atomic mass is 16.5. The molecule has 0 radical (unpaired) electrons. The van der Waals surface area contributed by atoms with Crippen LogP contribution in [-0.4, -0.2) is 203 Å². The second kappa shape index (κ2) is 51.8. The lowest BCUT2D eigenvalue weighted by Gasteiger charge is -2.24. The summed E-state index contributed by atoms with van der Waals surface area (Å²) in [5, 5.41) is 70.1. The Kier molecular flexibility index (Phi) is 50.6. The number of amides is 8. The number of rotatable bonds is 38. The SMILES string of the molecule is CC.CC(=O)CCOCCOCCNC(=O)CNC(=O)C(CC(=O)O)NC(=O)CNC(=O)C(CC(=O)O)NC(=O)C(CC(=O)O)NC(=O)C(CCCCN)NC(=O)CNC(=O)CCC(=O)O.CC(=O)O.CCCCN.Cc1ccc(O)cc1. The zero-order valence-corrected chi connectivity index (χ0v) is 47.8. The molecule has 0 fully saturated rings. The number of ether oxygens (including phenoxy) is 2. The smallest absolute Gasteiger partial charge is 0.305 e. The summed E-state index contributed by atoms with van der Waals surface area (Å²) >= 11 is 0. The topological polar surface area (TPSA) is 527 Å². The third-order valence-electron chi connectivity index (χ3n) is 9.64. The van der Waals surface area contributed by atoms with E-state index in [0.29, 0.717) is 12.2 Å².